The van der Waals surface area contributed by atoms with E-state index < -0.39 is 0 Å². The summed E-state index contributed by atoms with van der Waals surface area (Å²) in [6, 6.07) is 11.9. The Kier molecular flexibility index (Phi) is 3.42. The highest BCUT2D eigenvalue weighted by Gasteiger charge is 2.05. The first-order valence-electron chi connectivity index (χ1n) is 5.05. The lowest BCUT2D eigenvalue weighted by Gasteiger charge is -2.09. The van der Waals surface area contributed by atoms with E-state index in [0.29, 0.717) is 17.5 Å². The van der Waals surface area contributed by atoms with Crippen molar-refractivity contribution in [2.45, 2.75) is 13.5 Å². The van der Waals surface area contributed by atoms with Gasteiger partial charge in [0.1, 0.15) is 6.61 Å². The SMILES string of the molecule is Cc1ccnc(Cl)c1OCc1ccccc1. The Morgan fingerprint density at radius 2 is 1.94 bits per heavy atom. The molecule has 0 atom stereocenters. The van der Waals surface area contributed by atoms with Crippen molar-refractivity contribution in [3.8, 4) is 5.75 Å². The van der Waals surface area contributed by atoms with Gasteiger partial charge in [0.15, 0.2) is 10.9 Å². The van der Waals surface area contributed by atoms with Gasteiger partial charge in [-0.05, 0) is 24.1 Å². The summed E-state index contributed by atoms with van der Waals surface area (Å²) in [6.45, 7) is 2.46. The number of hydrogen-bond donors (Lipinski definition) is 0. The third-order valence-corrected chi connectivity index (χ3v) is 2.55. The Morgan fingerprint density at radius 3 is 2.62 bits per heavy atom. The van der Waals surface area contributed by atoms with E-state index >= 15 is 0 Å². The summed E-state index contributed by atoms with van der Waals surface area (Å²) in [5.74, 6) is 0.660. The van der Waals surface area contributed by atoms with E-state index in [4.69, 9.17) is 16.3 Å². The number of nitrogens with zero attached hydrogens (tertiary/aromatic N) is 1. The highest BCUT2D eigenvalue weighted by atomic mass is 35.5. The molecule has 0 spiro atoms. The molecule has 0 aliphatic heterocycles. The molecule has 16 heavy (non-hydrogen) atoms. The monoisotopic (exact) mass is 233 g/mol. The maximum atomic E-state index is 5.96. The van der Waals surface area contributed by atoms with Crippen LogP contribution in [0.3, 0.4) is 0 Å². The normalized spacial score (nSPS) is 10.1. The Hall–Kier alpha value is -1.54. The van der Waals surface area contributed by atoms with Crippen molar-refractivity contribution in [1.82, 2.24) is 4.98 Å². The largest absolute Gasteiger partial charge is 0.485 e. The van der Waals surface area contributed by atoms with E-state index in [-0.39, 0.29) is 0 Å². The smallest absolute Gasteiger partial charge is 0.171 e. The van der Waals surface area contributed by atoms with Crippen LogP contribution in [0.4, 0.5) is 0 Å². The maximum Gasteiger partial charge on any atom is 0.171 e. The highest BCUT2D eigenvalue weighted by Crippen LogP contribution is 2.26. The molecule has 0 unspecified atom stereocenters. The minimum absolute atomic E-state index is 0.413. The molecule has 0 fully saturated rings. The van der Waals surface area contributed by atoms with Crippen LogP contribution in [0.25, 0.3) is 0 Å². The third-order valence-electron chi connectivity index (χ3n) is 2.28. The predicted molar refractivity (Wildman–Crippen MR) is 64.8 cm³/mol. The fourth-order valence-corrected chi connectivity index (χ4v) is 1.67. The van der Waals surface area contributed by atoms with Gasteiger partial charge in [0.25, 0.3) is 0 Å². The molecule has 1 aromatic heterocycles. The molecule has 2 nitrogen and oxygen atoms in total. The van der Waals surface area contributed by atoms with Gasteiger partial charge in [-0.1, -0.05) is 41.9 Å². The van der Waals surface area contributed by atoms with E-state index in [1.54, 1.807) is 6.20 Å². The summed E-state index contributed by atoms with van der Waals surface area (Å²) in [6.07, 6.45) is 1.67. The second kappa shape index (κ2) is 4.99. The molecule has 0 aliphatic carbocycles. The van der Waals surface area contributed by atoms with Crippen LogP contribution in [0.5, 0.6) is 5.75 Å². The highest BCUT2D eigenvalue weighted by molar-refractivity contribution is 6.30. The zero-order valence-electron chi connectivity index (χ0n) is 8.98. The summed E-state index contributed by atoms with van der Waals surface area (Å²) in [4.78, 5) is 3.99. The lowest BCUT2D eigenvalue weighted by Crippen LogP contribution is -1.98. The zero-order chi connectivity index (χ0) is 11.4. The predicted octanol–water partition coefficient (Wildman–Crippen LogP) is 3.62. The van der Waals surface area contributed by atoms with Gasteiger partial charge in [-0.15, -0.1) is 0 Å². The fourth-order valence-electron chi connectivity index (χ4n) is 1.41. The van der Waals surface area contributed by atoms with Crippen molar-refractivity contribution >= 4 is 11.6 Å². The van der Waals surface area contributed by atoms with Crippen molar-refractivity contribution in [2.75, 3.05) is 0 Å². The van der Waals surface area contributed by atoms with E-state index in [1.165, 1.54) is 0 Å². The molecule has 0 N–H and O–H groups in total. The van der Waals surface area contributed by atoms with Crippen molar-refractivity contribution < 1.29 is 4.74 Å². The van der Waals surface area contributed by atoms with Crippen LogP contribution in [-0.2, 0) is 6.61 Å². The molecule has 2 rings (SSSR count). The van der Waals surface area contributed by atoms with Gasteiger partial charge in [0, 0.05) is 6.20 Å². The Bertz CT molecular complexity index is 450. The Morgan fingerprint density at radius 1 is 1.19 bits per heavy atom. The van der Waals surface area contributed by atoms with Crippen molar-refractivity contribution in [3.05, 3.63) is 58.9 Å². The summed E-state index contributed by atoms with van der Waals surface area (Å²) >= 11 is 5.96. The number of halogens is 1. The quantitative estimate of drug-likeness (QED) is 0.756. The fraction of sp³-hybridized carbons (Fsp3) is 0.154. The lowest BCUT2D eigenvalue weighted by molar-refractivity contribution is 0.303. The summed E-state index contributed by atoms with van der Waals surface area (Å²) in [7, 11) is 0. The molecule has 0 bridgehead atoms. The Balaban J connectivity index is 2.11. The summed E-state index contributed by atoms with van der Waals surface area (Å²) < 4.78 is 5.66. The van der Waals surface area contributed by atoms with Gasteiger partial charge in [0.2, 0.25) is 0 Å². The van der Waals surface area contributed by atoms with Gasteiger partial charge in [-0.25, -0.2) is 4.98 Å². The third kappa shape index (κ3) is 2.52. The number of ether oxygens (including phenoxy) is 1. The molecule has 1 heterocycles. The molecule has 0 saturated heterocycles. The molecular formula is C13H12ClNO. The van der Waals surface area contributed by atoms with E-state index in [1.807, 2.05) is 43.3 Å². The zero-order valence-corrected chi connectivity index (χ0v) is 9.74. The van der Waals surface area contributed by atoms with Gasteiger partial charge >= 0.3 is 0 Å². The number of rotatable bonds is 3. The molecule has 0 saturated carbocycles. The molecule has 82 valence electrons. The van der Waals surface area contributed by atoms with Crippen molar-refractivity contribution in [1.29, 1.82) is 0 Å². The van der Waals surface area contributed by atoms with Crippen LogP contribution in [-0.4, -0.2) is 4.98 Å². The standard InChI is InChI=1S/C13H12ClNO/c1-10-7-8-15-13(14)12(10)16-9-11-5-3-2-4-6-11/h2-8H,9H2,1H3. The first-order valence-corrected chi connectivity index (χ1v) is 5.43. The van der Waals surface area contributed by atoms with Crippen molar-refractivity contribution in [2.24, 2.45) is 0 Å². The lowest BCUT2D eigenvalue weighted by atomic mass is 10.2. The second-order valence-electron chi connectivity index (χ2n) is 3.52. The van der Waals surface area contributed by atoms with E-state index in [2.05, 4.69) is 4.98 Å². The number of hydrogen-bond acceptors (Lipinski definition) is 2. The molecule has 2 aromatic rings. The topological polar surface area (TPSA) is 22.1 Å². The average Bonchev–Trinajstić information content (AvgIpc) is 2.30. The first kappa shape index (κ1) is 11.0. The molecule has 0 aliphatic rings. The Labute approximate surface area is 99.9 Å². The van der Waals surface area contributed by atoms with Gasteiger partial charge < -0.3 is 4.74 Å². The molecular weight excluding hydrogens is 222 g/mol. The van der Waals surface area contributed by atoms with E-state index in [0.717, 1.165) is 11.1 Å². The molecule has 1 aromatic carbocycles. The number of benzene rings is 1. The number of pyridine rings is 1. The van der Waals surface area contributed by atoms with Gasteiger partial charge in [-0.2, -0.15) is 0 Å². The molecule has 0 amide bonds. The van der Waals surface area contributed by atoms with Crippen molar-refractivity contribution in [3.63, 3.8) is 0 Å². The minimum Gasteiger partial charge on any atom is -0.485 e. The number of aromatic nitrogens is 1. The van der Waals surface area contributed by atoms with Crippen LogP contribution in [0, 0.1) is 6.92 Å². The number of aryl methyl sites for hydroxylation is 1. The van der Waals surface area contributed by atoms with Crippen LogP contribution in [0.2, 0.25) is 5.15 Å². The van der Waals surface area contributed by atoms with Crippen LogP contribution in [0.15, 0.2) is 42.6 Å². The summed E-state index contributed by atoms with van der Waals surface area (Å²) in [5.41, 5.74) is 2.11. The molecule has 0 radical (unpaired) electrons. The van der Waals surface area contributed by atoms with Crippen LogP contribution < -0.4 is 4.74 Å². The molecule has 3 heteroatoms. The minimum atomic E-state index is 0.413. The van der Waals surface area contributed by atoms with Crippen LogP contribution in [0.1, 0.15) is 11.1 Å². The second-order valence-corrected chi connectivity index (χ2v) is 3.88. The first-order chi connectivity index (χ1) is 7.77. The average molecular weight is 234 g/mol. The van der Waals surface area contributed by atoms with Gasteiger partial charge in [0.05, 0.1) is 0 Å². The van der Waals surface area contributed by atoms with Crippen LogP contribution >= 0.6 is 11.6 Å². The summed E-state index contributed by atoms with van der Waals surface area (Å²) in [5, 5.41) is 0.413. The van der Waals surface area contributed by atoms with E-state index in [9.17, 15) is 0 Å². The van der Waals surface area contributed by atoms with Gasteiger partial charge in [-0.3, -0.25) is 0 Å². The maximum absolute atomic E-state index is 5.96.